The highest BCUT2D eigenvalue weighted by Crippen LogP contribution is 2.14. The van der Waals surface area contributed by atoms with Gasteiger partial charge in [0.05, 0.1) is 18.9 Å². The first-order valence-corrected chi connectivity index (χ1v) is 6.74. The lowest BCUT2D eigenvalue weighted by Crippen LogP contribution is -2.52. The molecule has 1 aliphatic heterocycles. The number of aliphatic carboxylic acids is 1. The molecule has 1 saturated heterocycles. The van der Waals surface area contributed by atoms with Crippen LogP contribution in [0.5, 0.6) is 0 Å². The number of rotatable bonds is 3. The van der Waals surface area contributed by atoms with Crippen molar-refractivity contribution in [1.29, 1.82) is 0 Å². The highest BCUT2D eigenvalue weighted by Gasteiger charge is 2.33. The van der Waals surface area contributed by atoms with Crippen molar-refractivity contribution in [3.8, 4) is 5.69 Å². The molecule has 22 heavy (non-hydrogen) atoms. The first kappa shape index (κ1) is 14.2. The minimum absolute atomic E-state index is 0.0140. The van der Waals surface area contributed by atoms with Gasteiger partial charge >= 0.3 is 5.97 Å². The smallest absolute Gasteiger partial charge is 0.328 e. The van der Waals surface area contributed by atoms with E-state index in [4.69, 9.17) is 4.74 Å². The maximum absolute atomic E-state index is 12.6. The van der Waals surface area contributed by atoms with Crippen LogP contribution in [0.1, 0.15) is 10.5 Å². The van der Waals surface area contributed by atoms with Crippen LogP contribution < -0.4 is 0 Å². The maximum atomic E-state index is 12.6. The molecule has 0 aromatic carbocycles. The Balaban J connectivity index is 1.88. The van der Waals surface area contributed by atoms with Crippen molar-refractivity contribution in [2.75, 3.05) is 19.8 Å². The molecule has 0 bridgehead atoms. The van der Waals surface area contributed by atoms with Gasteiger partial charge < -0.3 is 14.7 Å². The third kappa shape index (κ3) is 2.68. The summed E-state index contributed by atoms with van der Waals surface area (Å²) < 4.78 is 6.74. The lowest BCUT2D eigenvalue weighted by molar-refractivity contribution is -0.147. The molecule has 1 N–H and O–H groups in total. The summed E-state index contributed by atoms with van der Waals surface area (Å²) in [7, 11) is 0. The molecular weight excluding hydrogens is 288 g/mol. The zero-order valence-electron chi connectivity index (χ0n) is 11.6. The number of carbonyl (C=O) groups excluding carboxylic acids is 1. The molecule has 1 aliphatic rings. The summed E-state index contributed by atoms with van der Waals surface area (Å²) in [5.74, 6) is -1.51. The third-order valence-corrected chi connectivity index (χ3v) is 3.41. The van der Waals surface area contributed by atoms with Crippen LogP contribution in [0.2, 0.25) is 0 Å². The minimum atomic E-state index is -1.09. The van der Waals surface area contributed by atoms with E-state index in [0.717, 1.165) is 0 Å². The average Bonchev–Trinajstić information content (AvgIpc) is 3.09. The van der Waals surface area contributed by atoms with Gasteiger partial charge in [-0.3, -0.25) is 9.78 Å². The van der Waals surface area contributed by atoms with Gasteiger partial charge in [-0.25, -0.2) is 9.48 Å². The summed E-state index contributed by atoms with van der Waals surface area (Å²) in [6, 6.07) is 4.09. The van der Waals surface area contributed by atoms with Crippen LogP contribution in [0.25, 0.3) is 5.69 Å². The van der Waals surface area contributed by atoms with E-state index in [9.17, 15) is 14.7 Å². The molecule has 8 heteroatoms. The van der Waals surface area contributed by atoms with Crippen molar-refractivity contribution < 1.29 is 19.4 Å². The normalized spacial score (nSPS) is 18.2. The first-order chi connectivity index (χ1) is 10.7. The fourth-order valence-electron chi connectivity index (χ4n) is 2.30. The fraction of sp³-hybridized carbons (Fsp3) is 0.286. The number of nitrogens with zero attached hydrogens (tertiary/aromatic N) is 4. The number of pyridine rings is 1. The van der Waals surface area contributed by atoms with Gasteiger partial charge in [0.25, 0.3) is 5.91 Å². The topological polar surface area (TPSA) is 97.6 Å². The molecule has 1 amide bonds. The van der Waals surface area contributed by atoms with Crippen molar-refractivity contribution in [3.05, 3.63) is 42.5 Å². The Labute approximate surface area is 125 Å². The Morgan fingerprint density at radius 1 is 1.36 bits per heavy atom. The number of carboxylic acid groups (broad SMARTS) is 1. The van der Waals surface area contributed by atoms with Crippen LogP contribution in [-0.4, -0.2) is 62.4 Å². The molecule has 114 valence electrons. The van der Waals surface area contributed by atoms with E-state index in [1.54, 1.807) is 35.3 Å². The molecule has 2 aromatic heterocycles. The van der Waals surface area contributed by atoms with Crippen LogP contribution >= 0.6 is 0 Å². The molecule has 1 atom stereocenters. The van der Waals surface area contributed by atoms with E-state index in [1.807, 2.05) is 0 Å². The number of carbonyl (C=O) groups is 2. The Morgan fingerprint density at radius 2 is 2.23 bits per heavy atom. The van der Waals surface area contributed by atoms with E-state index < -0.39 is 17.9 Å². The second-order valence-corrected chi connectivity index (χ2v) is 4.78. The summed E-state index contributed by atoms with van der Waals surface area (Å²) in [4.78, 5) is 29.1. The standard InChI is InChI=1S/C14H14N4O4/c19-13(17-6-7-22-9-12(17)14(20)21)11-8-10(2-4-15-11)18-5-1-3-16-18/h1-5,8,12H,6-7,9H2,(H,20,21). The zero-order valence-corrected chi connectivity index (χ0v) is 11.6. The maximum Gasteiger partial charge on any atom is 0.328 e. The molecule has 3 heterocycles. The molecule has 8 nitrogen and oxygen atoms in total. The van der Waals surface area contributed by atoms with Crippen LogP contribution in [0, 0.1) is 0 Å². The van der Waals surface area contributed by atoms with E-state index in [1.165, 1.54) is 11.1 Å². The van der Waals surface area contributed by atoms with Crippen molar-refractivity contribution in [2.24, 2.45) is 0 Å². The second kappa shape index (κ2) is 5.94. The first-order valence-electron chi connectivity index (χ1n) is 6.74. The molecule has 0 aliphatic carbocycles. The molecule has 1 unspecified atom stereocenters. The van der Waals surface area contributed by atoms with Crippen molar-refractivity contribution in [3.63, 3.8) is 0 Å². The summed E-state index contributed by atoms with van der Waals surface area (Å²) in [6.45, 7) is 0.526. The van der Waals surface area contributed by atoms with Gasteiger partial charge in [-0.2, -0.15) is 5.10 Å². The second-order valence-electron chi connectivity index (χ2n) is 4.78. The zero-order chi connectivity index (χ0) is 15.5. The Kier molecular flexibility index (Phi) is 3.84. The number of amides is 1. The van der Waals surface area contributed by atoms with E-state index in [2.05, 4.69) is 10.1 Å². The molecular formula is C14H14N4O4. The van der Waals surface area contributed by atoms with Crippen LogP contribution in [0.3, 0.4) is 0 Å². The van der Waals surface area contributed by atoms with E-state index in [0.29, 0.717) is 12.3 Å². The van der Waals surface area contributed by atoms with Crippen molar-refractivity contribution in [1.82, 2.24) is 19.7 Å². The van der Waals surface area contributed by atoms with Gasteiger partial charge in [0, 0.05) is 25.1 Å². The Morgan fingerprint density at radius 3 is 2.95 bits per heavy atom. The van der Waals surface area contributed by atoms with Gasteiger partial charge in [-0.15, -0.1) is 0 Å². The lowest BCUT2D eigenvalue weighted by atomic mass is 10.2. The molecule has 3 rings (SSSR count). The average molecular weight is 302 g/mol. The number of aromatic nitrogens is 3. The van der Waals surface area contributed by atoms with Gasteiger partial charge in [-0.1, -0.05) is 0 Å². The van der Waals surface area contributed by atoms with E-state index >= 15 is 0 Å². The predicted molar refractivity (Wildman–Crippen MR) is 74.6 cm³/mol. The van der Waals surface area contributed by atoms with Crippen molar-refractivity contribution in [2.45, 2.75) is 6.04 Å². The Hall–Kier alpha value is -2.74. The fourth-order valence-corrected chi connectivity index (χ4v) is 2.30. The van der Waals surface area contributed by atoms with Crippen LogP contribution in [0.4, 0.5) is 0 Å². The van der Waals surface area contributed by atoms with E-state index in [-0.39, 0.29) is 18.8 Å². The molecule has 2 aromatic rings. The number of ether oxygens (including phenoxy) is 1. The number of morpholine rings is 1. The quantitative estimate of drug-likeness (QED) is 0.869. The molecule has 0 radical (unpaired) electrons. The third-order valence-electron chi connectivity index (χ3n) is 3.41. The monoisotopic (exact) mass is 302 g/mol. The SMILES string of the molecule is O=C(O)C1COCCN1C(=O)c1cc(-n2cccn2)ccn1. The van der Waals surface area contributed by atoms with Gasteiger partial charge in [0.15, 0.2) is 6.04 Å². The highest BCUT2D eigenvalue weighted by molar-refractivity contribution is 5.95. The summed E-state index contributed by atoms with van der Waals surface area (Å²) >= 11 is 0. The van der Waals surface area contributed by atoms with Gasteiger partial charge in [-0.05, 0) is 18.2 Å². The predicted octanol–water partition coefficient (Wildman–Crippen LogP) is 0.193. The largest absolute Gasteiger partial charge is 0.480 e. The lowest BCUT2D eigenvalue weighted by Gasteiger charge is -2.32. The highest BCUT2D eigenvalue weighted by atomic mass is 16.5. The number of hydrogen-bond donors (Lipinski definition) is 1. The van der Waals surface area contributed by atoms with Crippen molar-refractivity contribution >= 4 is 11.9 Å². The number of carboxylic acids is 1. The molecule has 0 spiro atoms. The van der Waals surface area contributed by atoms with Crippen LogP contribution in [-0.2, 0) is 9.53 Å². The van der Waals surface area contributed by atoms with Crippen LogP contribution in [0.15, 0.2) is 36.8 Å². The van der Waals surface area contributed by atoms with Gasteiger partial charge in [0.1, 0.15) is 5.69 Å². The summed E-state index contributed by atoms with van der Waals surface area (Å²) in [6.07, 6.45) is 4.88. The summed E-state index contributed by atoms with van der Waals surface area (Å²) in [5.41, 5.74) is 0.865. The molecule has 0 saturated carbocycles. The molecule has 1 fully saturated rings. The minimum Gasteiger partial charge on any atom is -0.480 e. The Bertz CT molecular complexity index is 686. The van der Waals surface area contributed by atoms with Gasteiger partial charge in [0.2, 0.25) is 0 Å². The summed E-state index contributed by atoms with van der Waals surface area (Å²) in [5, 5.41) is 13.3. The number of hydrogen-bond acceptors (Lipinski definition) is 5.